The lowest BCUT2D eigenvalue weighted by Gasteiger charge is -2.29. The van der Waals surface area contributed by atoms with Crippen molar-refractivity contribution in [3.63, 3.8) is 0 Å². The van der Waals surface area contributed by atoms with Crippen LogP contribution >= 0.6 is 23.1 Å². The number of carbonyl (C=O) groups is 1. The van der Waals surface area contributed by atoms with E-state index in [-0.39, 0.29) is 22.8 Å². The summed E-state index contributed by atoms with van der Waals surface area (Å²) in [6, 6.07) is 29.4. The van der Waals surface area contributed by atoms with Crippen molar-refractivity contribution in [3.05, 3.63) is 117 Å². The van der Waals surface area contributed by atoms with Crippen molar-refractivity contribution in [2.45, 2.75) is 50.6 Å². The molecule has 44 heavy (non-hydrogen) atoms. The molecule has 0 spiro atoms. The molecule has 0 radical (unpaired) electrons. The number of para-hydroxylation sites is 2. The maximum Gasteiger partial charge on any atom is 0.263 e. The minimum atomic E-state index is -0.368. The van der Waals surface area contributed by atoms with E-state index in [1.165, 1.54) is 11.8 Å². The zero-order valence-electron chi connectivity index (χ0n) is 24.5. The predicted molar refractivity (Wildman–Crippen MR) is 176 cm³/mol. The highest BCUT2D eigenvalue weighted by Gasteiger charge is 2.32. The first-order chi connectivity index (χ1) is 21.4. The Morgan fingerprint density at radius 1 is 0.955 bits per heavy atom. The number of aryl methyl sites for hydroxylation is 2. The van der Waals surface area contributed by atoms with Crippen LogP contribution in [0.25, 0.3) is 16.0 Å². The van der Waals surface area contributed by atoms with E-state index in [0.717, 1.165) is 32.2 Å². The SMILES string of the molecule is CC1(C)Cc2c(sc3c2c(=O)n(CCc2ccccc2)c2nnc(SCC(=O)N(c4ccccc4)c4ccccc4)n32)CO1. The molecule has 222 valence electrons. The molecule has 8 nitrogen and oxygen atoms in total. The lowest BCUT2D eigenvalue weighted by atomic mass is 9.94. The van der Waals surface area contributed by atoms with Crippen molar-refractivity contribution in [1.82, 2.24) is 19.2 Å². The van der Waals surface area contributed by atoms with Gasteiger partial charge in [0.05, 0.1) is 23.3 Å². The van der Waals surface area contributed by atoms with Gasteiger partial charge >= 0.3 is 0 Å². The number of hydrogen-bond donors (Lipinski definition) is 0. The van der Waals surface area contributed by atoms with Crippen LogP contribution in [0.1, 0.15) is 29.9 Å². The number of fused-ring (bicyclic) bond motifs is 5. The van der Waals surface area contributed by atoms with Crippen molar-refractivity contribution in [2.75, 3.05) is 10.7 Å². The Morgan fingerprint density at radius 3 is 2.25 bits per heavy atom. The first kappa shape index (κ1) is 28.5. The molecule has 1 amide bonds. The van der Waals surface area contributed by atoms with E-state index in [1.54, 1.807) is 20.8 Å². The van der Waals surface area contributed by atoms with Gasteiger partial charge in [0.2, 0.25) is 11.7 Å². The van der Waals surface area contributed by atoms with Gasteiger partial charge in [-0.25, -0.2) is 4.40 Å². The van der Waals surface area contributed by atoms with Gasteiger partial charge < -0.3 is 4.74 Å². The van der Waals surface area contributed by atoms with Crippen LogP contribution < -0.4 is 10.5 Å². The number of amides is 1. The van der Waals surface area contributed by atoms with Crippen LogP contribution in [0.3, 0.4) is 0 Å². The summed E-state index contributed by atoms with van der Waals surface area (Å²) in [7, 11) is 0. The third-order valence-electron chi connectivity index (χ3n) is 7.86. The van der Waals surface area contributed by atoms with Crippen molar-refractivity contribution in [1.29, 1.82) is 0 Å². The lowest BCUT2D eigenvalue weighted by molar-refractivity contribution is -0.115. The average Bonchev–Trinajstić information content (AvgIpc) is 3.62. The van der Waals surface area contributed by atoms with E-state index < -0.39 is 0 Å². The molecule has 3 aromatic carbocycles. The van der Waals surface area contributed by atoms with E-state index in [1.807, 2.05) is 83.3 Å². The molecule has 0 unspecified atom stereocenters. The fraction of sp³-hybridized carbons (Fsp3) is 0.235. The van der Waals surface area contributed by atoms with Gasteiger partial charge in [-0.3, -0.25) is 19.1 Å². The van der Waals surface area contributed by atoms with E-state index in [9.17, 15) is 9.59 Å². The van der Waals surface area contributed by atoms with Gasteiger partial charge in [0, 0.05) is 29.2 Å². The Kier molecular flexibility index (Phi) is 7.57. The van der Waals surface area contributed by atoms with Crippen LogP contribution in [0, 0.1) is 0 Å². The molecule has 0 atom stereocenters. The van der Waals surface area contributed by atoms with Crippen LogP contribution in [0.2, 0.25) is 0 Å². The minimum absolute atomic E-state index is 0.0574. The van der Waals surface area contributed by atoms with Gasteiger partial charge in [-0.2, -0.15) is 0 Å². The zero-order valence-corrected chi connectivity index (χ0v) is 26.1. The number of anilines is 2. The molecule has 0 bridgehead atoms. The highest BCUT2D eigenvalue weighted by atomic mass is 32.2. The molecule has 0 saturated carbocycles. The van der Waals surface area contributed by atoms with Crippen molar-refractivity contribution >= 4 is 56.4 Å². The van der Waals surface area contributed by atoms with Crippen LogP contribution in [0.4, 0.5) is 11.4 Å². The van der Waals surface area contributed by atoms with Crippen molar-refractivity contribution in [3.8, 4) is 0 Å². The van der Waals surface area contributed by atoms with Gasteiger partial charge in [0.25, 0.3) is 5.56 Å². The number of thioether (sulfide) groups is 1. The van der Waals surface area contributed by atoms with Gasteiger partial charge in [0.15, 0.2) is 5.16 Å². The number of aromatic nitrogens is 4. The van der Waals surface area contributed by atoms with E-state index in [4.69, 9.17) is 4.74 Å². The summed E-state index contributed by atoms with van der Waals surface area (Å²) in [5, 5.41) is 10.3. The van der Waals surface area contributed by atoms with Crippen LogP contribution in [0.15, 0.2) is 101 Å². The molecule has 3 aromatic heterocycles. The number of nitrogens with zero attached hydrogens (tertiary/aromatic N) is 5. The second-order valence-electron chi connectivity index (χ2n) is 11.4. The summed E-state index contributed by atoms with van der Waals surface area (Å²) in [5.41, 5.74) is 3.34. The third kappa shape index (κ3) is 5.34. The first-order valence-electron chi connectivity index (χ1n) is 14.6. The zero-order chi connectivity index (χ0) is 30.3. The van der Waals surface area contributed by atoms with Gasteiger partial charge in [-0.15, -0.1) is 21.5 Å². The van der Waals surface area contributed by atoms with Crippen LogP contribution in [0.5, 0.6) is 0 Å². The molecular formula is C34H31N5O3S2. The number of thiophene rings is 1. The molecular weight excluding hydrogens is 591 g/mol. The largest absolute Gasteiger partial charge is 0.370 e. The molecule has 7 rings (SSSR count). The van der Waals surface area contributed by atoms with Gasteiger partial charge in [0.1, 0.15) is 4.83 Å². The van der Waals surface area contributed by atoms with E-state index in [0.29, 0.717) is 42.3 Å². The fourth-order valence-corrected chi connectivity index (χ4v) is 7.78. The van der Waals surface area contributed by atoms with Crippen LogP contribution in [-0.4, -0.2) is 36.4 Å². The fourth-order valence-electron chi connectivity index (χ4n) is 5.72. The van der Waals surface area contributed by atoms with E-state index >= 15 is 0 Å². The second-order valence-corrected chi connectivity index (χ2v) is 13.4. The van der Waals surface area contributed by atoms with Gasteiger partial charge in [-0.1, -0.05) is 78.5 Å². The summed E-state index contributed by atoms with van der Waals surface area (Å²) >= 11 is 2.89. The highest BCUT2D eigenvalue weighted by molar-refractivity contribution is 7.99. The standard InChI is InChI=1S/C34H31N5O3S2/c1-34(2)20-26-27(21-42-34)44-31-29(26)30(41)37(19-18-23-12-6-3-7-13-23)32-35-36-33(39(31)32)43-22-28(40)38(24-14-8-4-9-15-24)25-16-10-5-11-17-25/h3-17H,18-22H2,1-2H3. The third-order valence-corrected chi connectivity index (χ3v) is 9.96. The molecule has 1 aliphatic heterocycles. The Bertz CT molecular complexity index is 1980. The summed E-state index contributed by atoms with van der Waals surface area (Å²) in [5.74, 6) is 0.532. The maximum absolute atomic E-state index is 14.2. The Morgan fingerprint density at radius 2 is 1.59 bits per heavy atom. The molecule has 0 fully saturated rings. The Hall–Kier alpha value is -4.25. The molecule has 0 saturated heterocycles. The molecule has 10 heteroatoms. The smallest absolute Gasteiger partial charge is 0.263 e. The van der Waals surface area contributed by atoms with Crippen LogP contribution in [-0.2, 0) is 35.5 Å². The highest BCUT2D eigenvalue weighted by Crippen LogP contribution is 2.39. The summed E-state index contributed by atoms with van der Waals surface area (Å²) in [6.07, 6.45) is 1.33. The Balaban J connectivity index is 1.29. The number of ether oxygens (including phenoxy) is 1. The number of hydrogen-bond acceptors (Lipinski definition) is 7. The second kappa shape index (κ2) is 11.7. The number of carbonyl (C=O) groups excluding carboxylic acids is 1. The number of benzene rings is 3. The topological polar surface area (TPSA) is 81.7 Å². The molecule has 6 aromatic rings. The van der Waals surface area contributed by atoms with Crippen molar-refractivity contribution < 1.29 is 9.53 Å². The van der Waals surface area contributed by atoms with Gasteiger partial charge in [-0.05, 0) is 55.7 Å². The summed E-state index contributed by atoms with van der Waals surface area (Å²) in [6.45, 7) is 5.04. The normalized spacial score (nSPS) is 14.1. The number of rotatable bonds is 8. The Labute approximate surface area is 262 Å². The molecule has 0 N–H and O–H groups in total. The summed E-state index contributed by atoms with van der Waals surface area (Å²) in [4.78, 5) is 31.6. The average molecular weight is 622 g/mol. The lowest BCUT2D eigenvalue weighted by Crippen LogP contribution is -2.32. The first-order valence-corrected chi connectivity index (χ1v) is 16.4. The predicted octanol–water partition coefficient (Wildman–Crippen LogP) is 6.66. The maximum atomic E-state index is 14.2. The van der Waals surface area contributed by atoms with E-state index in [2.05, 4.69) is 36.2 Å². The summed E-state index contributed by atoms with van der Waals surface area (Å²) < 4.78 is 9.82. The molecule has 1 aliphatic rings. The minimum Gasteiger partial charge on any atom is -0.370 e. The molecule has 4 heterocycles. The van der Waals surface area contributed by atoms with Crippen molar-refractivity contribution in [2.24, 2.45) is 0 Å². The molecule has 0 aliphatic carbocycles. The monoisotopic (exact) mass is 621 g/mol. The quantitative estimate of drug-likeness (QED) is 0.177.